The number of halogens is 1. The summed E-state index contributed by atoms with van der Waals surface area (Å²) in [5.74, 6) is -0.202. The number of hydrogen-bond acceptors (Lipinski definition) is 5. The lowest BCUT2D eigenvalue weighted by Crippen LogP contribution is -2.39. The molecule has 5 rings (SSSR count). The van der Waals surface area contributed by atoms with Gasteiger partial charge < -0.3 is 10.1 Å². The van der Waals surface area contributed by atoms with Crippen LogP contribution in [0.4, 0.5) is 5.69 Å². The van der Waals surface area contributed by atoms with Gasteiger partial charge in [0.15, 0.2) is 0 Å². The fraction of sp³-hybridized carbons (Fsp3) is 0.273. The highest BCUT2D eigenvalue weighted by molar-refractivity contribution is 9.10. The van der Waals surface area contributed by atoms with Crippen molar-refractivity contribution < 1.29 is 19.1 Å². The Morgan fingerprint density at radius 1 is 1.13 bits per heavy atom. The second-order valence-electron chi connectivity index (χ2n) is 7.76. The van der Waals surface area contributed by atoms with E-state index in [0.29, 0.717) is 17.3 Å². The summed E-state index contributed by atoms with van der Waals surface area (Å²) in [7, 11) is 0. The monoisotopic (exact) mass is 467 g/mol. The molecule has 1 aliphatic heterocycles. The molecule has 1 saturated carbocycles. The lowest BCUT2D eigenvalue weighted by Gasteiger charge is -2.16. The Balaban J connectivity index is 1.20. The third-order valence-corrected chi connectivity index (χ3v) is 6.40. The number of aromatic nitrogens is 1. The first-order chi connectivity index (χ1) is 14.5. The van der Waals surface area contributed by atoms with Gasteiger partial charge in [-0.3, -0.25) is 19.3 Å². The highest BCUT2D eigenvalue weighted by Crippen LogP contribution is 2.52. The van der Waals surface area contributed by atoms with Crippen molar-refractivity contribution in [1.82, 2.24) is 9.88 Å². The van der Waals surface area contributed by atoms with Crippen molar-refractivity contribution in [2.45, 2.75) is 6.42 Å². The zero-order chi connectivity index (χ0) is 20.8. The van der Waals surface area contributed by atoms with Crippen LogP contribution in [0.15, 0.2) is 59.2 Å². The van der Waals surface area contributed by atoms with Gasteiger partial charge in [0, 0.05) is 10.5 Å². The van der Waals surface area contributed by atoms with Gasteiger partial charge in [-0.2, -0.15) is 0 Å². The summed E-state index contributed by atoms with van der Waals surface area (Å²) >= 11 is 3.38. The zero-order valence-electron chi connectivity index (χ0n) is 15.8. The molecule has 7 nitrogen and oxygen atoms in total. The van der Waals surface area contributed by atoms with Crippen LogP contribution in [0.2, 0.25) is 0 Å². The quantitative estimate of drug-likeness (QED) is 0.537. The van der Waals surface area contributed by atoms with Crippen molar-refractivity contribution in [1.29, 1.82) is 0 Å². The Labute approximate surface area is 181 Å². The average molecular weight is 468 g/mol. The number of rotatable bonds is 5. The maximum absolute atomic E-state index is 12.7. The zero-order valence-corrected chi connectivity index (χ0v) is 17.4. The van der Waals surface area contributed by atoms with Crippen molar-refractivity contribution in [2.75, 3.05) is 11.9 Å². The van der Waals surface area contributed by atoms with E-state index < -0.39 is 5.91 Å². The molecule has 1 saturated heterocycles. The predicted molar refractivity (Wildman–Crippen MR) is 112 cm³/mol. The molecule has 30 heavy (non-hydrogen) atoms. The normalized spacial score (nSPS) is 26.2. The molecule has 2 heterocycles. The third-order valence-electron chi connectivity index (χ3n) is 5.90. The molecular weight excluding hydrogens is 450 g/mol. The van der Waals surface area contributed by atoms with E-state index in [-0.39, 0.29) is 42.0 Å². The summed E-state index contributed by atoms with van der Waals surface area (Å²) in [5, 5.41) is 2.69. The Hall–Kier alpha value is -3.00. The van der Waals surface area contributed by atoms with Crippen LogP contribution in [0, 0.1) is 23.7 Å². The molecule has 4 atom stereocenters. The SMILES string of the molecule is O=C(CN1C(=O)C2C3C=CC(C3)C2C1=O)Nc1ccc(Oc2cccc(Br)c2)nc1. The number of nitrogens with zero attached hydrogens (tertiary/aromatic N) is 2. The molecule has 2 bridgehead atoms. The first-order valence-corrected chi connectivity index (χ1v) is 10.5. The number of imide groups is 1. The van der Waals surface area contributed by atoms with E-state index in [9.17, 15) is 14.4 Å². The van der Waals surface area contributed by atoms with E-state index in [2.05, 4.69) is 26.2 Å². The molecule has 2 aliphatic carbocycles. The van der Waals surface area contributed by atoms with Gasteiger partial charge in [0.05, 0.1) is 23.7 Å². The summed E-state index contributed by atoms with van der Waals surface area (Å²) in [5.41, 5.74) is 0.461. The van der Waals surface area contributed by atoms with Crippen LogP contribution in [-0.2, 0) is 14.4 Å². The summed E-state index contributed by atoms with van der Waals surface area (Å²) in [6.45, 7) is -0.277. The number of pyridine rings is 1. The molecule has 8 heteroatoms. The Kier molecular flexibility index (Phi) is 4.66. The van der Waals surface area contributed by atoms with E-state index in [1.54, 1.807) is 12.1 Å². The van der Waals surface area contributed by atoms with E-state index in [4.69, 9.17) is 4.74 Å². The lowest BCUT2D eigenvalue weighted by atomic mass is 9.85. The van der Waals surface area contributed by atoms with Crippen LogP contribution in [0.5, 0.6) is 11.6 Å². The van der Waals surface area contributed by atoms with Crippen molar-refractivity contribution in [3.8, 4) is 11.6 Å². The Morgan fingerprint density at radius 3 is 2.50 bits per heavy atom. The predicted octanol–water partition coefficient (Wildman–Crippen LogP) is 3.38. The lowest BCUT2D eigenvalue weighted by molar-refractivity contribution is -0.143. The van der Waals surface area contributed by atoms with Gasteiger partial charge in [-0.1, -0.05) is 34.1 Å². The van der Waals surface area contributed by atoms with Gasteiger partial charge in [-0.15, -0.1) is 0 Å². The van der Waals surface area contributed by atoms with Crippen LogP contribution < -0.4 is 10.1 Å². The highest BCUT2D eigenvalue weighted by atomic mass is 79.9. The Morgan fingerprint density at radius 2 is 1.87 bits per heavy atom. The number of carbonyl (C=O) groups is 3. The number of anilines is 1. The first kappa shape index (κ1) is 19.0. The molecule has 0 radical (unpaired) electrons. The van der Waals surface area contributed by atoms with E-state index >= 15 is 0 Å². The molecule has 1 N–H and O–H groups in total. The molecule has 3 aliphatic rings. The smallest absolute Gasteiger partial charge is 0.244 e. The number of amides is 3. The van der Waals surface area contributed by atoms with Crippen LogP contribution in [0.3, 0.4) is 0 Å². The van der Waals surface area contributed by atoms with Crippen molar-refractivity contribution in [2.24, 2.45) is 23.7 Å². The van der Waals surface area contributed by atoms with E-state index in [0.717, 1.165) is 15.8 Å². The first-order valence-electron chi connectivity index (χ1n) is 9.72. The van der Waals surface area contributed by atoms with Gasteiger partial charge in [-0.05, 0) is 42.5 Å². The number of likely N-dealkylation sites (tertiary alicyclic amines) is 1. The Bertz CT molecular complexity index is 1040. The second kappa shape index (κ2) is 7.36. The number of carbonyl (C=O) groups excluding carboxylic acids is 3. The average Bonchev–Trinajstić information content (AvgIpc) is 3.40. The molecule has 1 aromatic carbocycles. The van der Waals surface area contributed by atoms with Gasteiger partial charge >= 0.3 is 0 Å². The number of hydrogen-bond donors (Lipinski definition) is 1. The molecule has 2 fully saturated rings. The highest BCUT2D eigenvalue weighted by Gasteiger charge is 2.59. The molecule has 0 spiro atoms. The number of fused-ring (bicyclic) bond motifs is 5. The minimum atomic E-state index is -0.431. The molecule has 1 aromatic heterocycles. The van der Waals surface area contributed by atoms with Gasteiger partial charge in [0.2, 0.25) is 23.6 Å². The fourth-order valence-electron chi connectivity index (χ4n) is 4.63. The van der Waals surface area contributed by atoms with Gasteiger partial charge in [0.25, 0.3) is 0 Å². The van der Waals surface area contributed by atoms with Gasteiger partial charge in [0.1, 0.15) is 12.3 Å². The van der Waals surface area contributed by atoms with Crippen LogP contribution in [0.25, 0.3) is 0 Å². The second-order valence-corrected chi connectivity index (χ2v) is 8.67. The molecule has 3 amide bonds. The number of benzene rings is 1. The minimum Gasteiger partial charge on any atom is -0.439 e. The van der Waals surface area contributed by atoms with E-state index in [1.807, 2.05) is 36.4 Å². The maximum Gasteiger partial charge on any atom is 0.244 e. The topological polar surface area (TPSA) is 88.6 Å². The number of allylic oxidation sites excluding steroid dienone is 2. The molecule has 152 valence electrons. The van der Waals surface area contributed by atoms with Crippen LogP contribution in [-0.4, -0.2) is 34.2 Å². The molecular formula is C22H18BrN3O4. The minimum absolute atomic E-state index is 0.131. The van der Waals surface area contributed by atoms with Gasteiger partial charge in [-0.25, -0.2) is 4.98 Å². The van der Waals surface area contributed by atoms with Crippen molar-refractivity contribution in [3.63, 3.8) is 0 Å². The summed E-state index contributed by atoms with van der Waals surface area (Å²) in [6.07, 6.45) is 6.40. The molecule has 2 aromatic rings. The molecule has 4 unspecified atom stereocenters. The van der Waals surface area contributed by atoms with E-state index in [1.165, 1.54) is 6.20 Å². The van der Waals surface area contributed by atoms with Crippen LogP contribution >= 0.6 is 15.9 Å². The maximum atomic E-state index is 12.7. The van der Waals surface area contributed by atoms with Crippen LogP contribution in [0.1, 0.15) is 6.42 Å². The van der Waals surface area contributed by atoms with Crippen molar-refractivity contribution in [3.05, 3.63) is 59.2 Å². The number of nitrogens with one attached hydrogen (secondary N) is 1. The fourth-order valence-corrected chi connectivity index (χ4v) is 5.01. The summed E-state index contributed by atoms with van der Waals surface area (Å²) in [4.78, 5) is 43.1. The van der Waals surface area contributed by atoms with Crippen molar-refractivity contribution >= 4 is 39.3 Å². The third kappa shape index (κ3) is 3.31. The largest absolute Gasteiger partial charge is 0.439 e. The summed E-state index contributed by atoms with van der Waals surface area (Å²) < 4.78 is 6.56. The number of ether oxygens (including phenoxy) is 1. The summed E-state index contributed by atoms with van der Waals surface area (Å²) in [6, 6.07) is 10.7. The standard InChI is InChI=1S/C22H18BrN3O4/c23-14-2-1-3-16(9-14)30-18-7-6-15(10-24-18)25-17(27)11-26-21(28)19-12-4-5-13(8-12)20(19)22(26)29/h1-7,9-10,12-13,19-20H,8,11H2,(H,25,27).